The van der Waals surface area contributed by atoms with Crippen molar-refractivity contribution in [3.05, 3.63) is 29.3 Å². The number of aliphatic hydroxyl groups is 1. The number of hydrogen-bond donors (Lipinski definition) is 2. The Morgan fingerprint density at radius 2 is 1.82 bits per heavy atom. The molecule has 0 fully saturated rings. The van der Waals surface area contributed by atoms with Gasteiger partial charge in [-0.1, -0.05) is 39.0 Å². The van der Waals surface area contributed by atoms with Crippen molar-refractivity contribution in [3.8, 4) is 5.75 Å². The fourth-order valence-corrected chi connectivity index (χ4v) is 2.10. The van der Waals surface area contributed by atoms with Crippen LogP contribution in [0.2, 0.25) is 0 Å². The van der Waals surface area contributed by atoms with Crippen molar-refractivity contribution in [1.82, 2.24) is 5.32 Å². The number of nitrogens with one attached hydrogen (secondary N) is 1. The molecule has 0 radical (unpaired) electrons. The molecule has 0 heterocycles. The van der Waals surface area contributed by atoms with E-state index in [2.05, 4.69) is 26.1 Å². The molecule has 1 rings (SSSR count). The number of ether oxygens (including phenoxy) is 1. The highest BCUT2D eigenvalue weighted by atomic mass is 16.5. The van der Waals surface area contributed by atoms with Gasteiger partial charge in [-0.05, 0) is 36.8 Å². The molecule has 0 saturated heterocycles. The maximum absolute atomic E-state index is 11.8. The predicted octanol–water partition coefficient (Wildman–Crippen LogP) is 2.84. The highest BCUT2D eigenvalue weighted by Gasteiger charge is 2.14. The van der Waals surface area contributed by atoms with E-state index in [4.69, 9.17) is 4.74 Å². The van der Waals surface area contributed by atoms with Gasteiger partial charge in [0.05, 0.1) is 0 Å². The van der Waals surface area contributed by atoms with E-state index in [1.165, 1.54) is 0 Å². The summed E-state index contributed by atoms with van der Waals surface area (Å²) in [5.41, 5.74) is 2.09. The van der Waals surface area contributed by atoms with Gasteiger partial charge in [0, 0.05) is 13.0 Å². The highest BCUT2D eigenvalue weighted by Crippen LogP contribution is 2.22. The molecular weight excluding hydrogens is 278 g/mol. The molecule has 0 saturated carbocycles. The summed E-state index contributed by atoms with van der Waals surface area (Å²) < 4.78 is 5.68. The molecule has 4 heteroatoms. The summed E-state index contributed by atoms with van der Waals surface area (Å²) >= 11 is 0. The fraction of sp³-hybridized carbons (Fsp3) is 0.611. The third-order valence-corrected chi connectivity index (χ3v) is 4.01. The van der Waals surface area contributed by atoms with Gasteiger partial charge in [0.25, 0.3) is 0 Å². The van der Waals surface area contributed by atoms with Crippen molar-refractivity contribution in [2.45, 2.75) is 47.1 Å². The molecule has 124 valence electrons. The molecule has 4 nitrogen and oxygen atoms in total. The molecule has 2 atom stereocenters. The quantitative estimate of drug-likeness (QED) is 0.776. The lowest BCUT2D eigenvalue weighted by Gasteiger charge is -2.18. The summed E-state index contributed by atoms with van der Waals surface area (Å²) in [5, 5.41) is 12.7. The second-order valence-corrected chi connectivity index (χ2v) is 6.42. The van der Waals surface area contributed by atoms with E-state index < -0.39 is 6.10 Å². The summed E-state index contributed by atoms with van der Waals surface area (Å²) in [7, 11) is 0. The van der Waals surface area contributed by atoms with E-state index in [1.54, 1.807) is 0 Å². The van der Waals surface area contributed by atoms with Crippen LogP contribution in [0.4, 0.5) is 0 Å². The van der Waals surface area contributed by atoms with Crippen LogP contribution in [-0.2, 0) is 4.79 Å². The first-order chi connectivity index (χ1) is 10.3. The standard InChI is InChI=1S/C18H29NO3/c1-12(2)15(5)9-17(21)19-10-16(20)11-22-18-13(3)7-6-8-14(18)4/h6-8,12,15-16,20H,9-11H2,1-5H3,(H,19,21). The number of carbonyl (C=O) groups is 1. The van der Waals surface area contributed by atoms with Crippen LogP contribution in [0.3, 0.4) is 0 Å². The minimum Gasteiger partial charge on any atom is -0.490 e. The number of rotatable bonds is 8. The largest absolute Gasteiger partial charge is 0.490 e. The van der Waals surface area contributed by atoms with Crippen molar-refractivity contribution >= 4 is 5.91 Å². The first kappa shape index (κ1) is 18.5. The van der Waals surface area contributed by atoms with Crippen LogP contribution in [-0.4, -0.2) is 30.3 Å². The van der Waals surface area contributed by atoms with Crippen LogP contribution in [0.25, 0.3) is 0 Å². The Balaban J connectivity index is 2.35. The summed E-state index contributed by atoms with van der Waals surface area (Å²) in [4.78, 5) is 11.8. The van der Waals surface area contributed by atoms with E-state index in [-0.39, 0.29) is 19.1 Å². The van der Waals surface area contributed by atoms with Crippen LogP contribution in [0.1, 0.15) is 38.3 Å². The minimum absolute atomic E-state index is 0.0210. The van der Waals surface area contributed by atoms with Crippen molar-refractivity contribution < 1.29 is 14.6 Å². The smallest absolute Gasteiger partial charge is 0.220 e. The number of hydrogen-bond acceptors (Lipinski definition) is 3. The maximum atomic E-state index is 11.8. The number of carbonyl (C=O) groups excluding carboxylic acids is 1. The predicted molar refractivity (Wildman–Crippen MR) is 89.0 cm³/mol. The lowest BCUT2D eigenvalue weighted by Crippen LogP contribution is -2.36. The second-order valence-electron chi connectivity index (χ2n) is 6.42. The Kier molecular flexibility index (Phi) is 7.39. The van der Waals surface area contributed by atoms with Gasteiger partial charge in [0.2, 0.25) is 5.91 Å². The van der Waals surface area contributed by atoms with Gasteiger partial charge in [-0.25, -0.2) is 0 Å². The van der Waals surface area contributed by atoms with Gasteiger partial charge < -0.3 is 15.2 Å². The number of amides is 1. The zero-order chi connectivity index (χ0) is 16.7. The van der Waals surface area contributed by atoms with Crippen molar-refractivity contribution in [3.63, 3.8) is 0 Å². The molecule has 1 amide bonds. The van der Waals surface area contributed by atoms with Gasteiger partial charge in [-0.3, -0.25) is 4.79 Å². The van der Waals surface area contributed by atoms with Crippen LogP contribution in [0.5, 0.6) is 5.75 Å². The molecule has 22 heavy (non-hydrogen) atoms. The zero-order valence-corrected chi connectivity index (χ0v) is 14.3. The van der Waals surface area contributed by atoms with Gasteiger partial charge in [0.15, 0.2) is 0 Å². The van der Waals surface area contributed by atoms with Gasteiger partial charge in [0.1, 0.15) is 18.5 Å². The highest BCUT2D eigenvalue weighted by molar-refractivity contribution is 5.76. The number of para-hydroxylation sites is 1. The third-order valence-electron chi connectivity index (χ3n) is 4.01. The Hall–Kier alpha value is -1.55. The molecule has 0 aliphatic heterocycles. The molecular formula is C18H29NO3. The lowest BCUT2D eigenvalue weighted by atomic mass is 9.94. The van der Waals surface area contributed by atoms with Crippen LogP contribution in [0.15, 0.2) is 18.2 Å². The van der Waals surface area contributed by atoms with Crippen molar-refractivity contribution in [2.75, 3.05) is 13.2 Å². The molecule has 0 spiro atoms. The number of aliphatic hydroxyl groups excluding tert-OH is 1. The van der Waals surface area contributed by atoms with E-state index in [0.717, 1.165) is 16.9 Å². The summed E-state index contributed by atoms with van der Waals surface area (Å²) in [6, 6.07) is 5.93. The molecule has 0 aliphatic carbocycles. The second kappa shape index (κ2) is 8.79. The normalized spacial score (nSPS) is 13.8. The van der Waals surface area contributed by atoms with E-state index >= 15 is 0 Å². The lowest BCUT2D eigenvalue weighted by molar-refractivity contribution is -0.122. The van der Waals surface area contributed by atoms with E-state index in [0.29, 0.717) is 18.3 Å². The SMILES string of the molecule is Cc1cccc(C)c1OCC(O)CNC(=O)CC(C)C(C)C. The topological polar surface area (TPSA) is 58.6 Å². The number of benzene rings is 1. The van der Waals surface area contributed by atoms with Crippen LogP contribution in [0, 0.1) is 25.7 Å². The third kappa shape index (κ3) is 6.06. The maximum Gasteiger partial charge on any atom is 0.220 e. The minimum atomic E-state index is -0.711. The van der Waals surface area contributed by atoms with Gasteiger partial charge in [-0.15, -0.1) is 0 Å². The van der Waals surface area contributed by atoms with Crippen LogP contribution < -0.4 is 10.1 Å². The first-order valence-electron chi connectivity index (χ1n) is 7.95. The summed E-state index contributed by atoms with van der Waals surface area (Å²) in [6.07, 6.45) is -0.223. The summed E-state index contributed by atoms with van der Waals surface area (Å²) in [5.74, 6) is 1.60. The zero-order valence-electron chi connectivity index (χ0n) is 14.3. The Morgan fingerprint density at radius 3 is 2.36 bits per heavy atom. The Labute approximate surface area is 133 Å². The van der Waals surface area contributed by atoms with Crippen molar-refractivity contribution in [2.24, 2.45) is 11.8 Å². The molecule has 2 unspecified atom stereocenters. The molecule has 0 aromatic heterocycles. The Bertz CT molecular complexity index is 465. The Morgan fingerprint density at radius 1 is 1.23 bits per heavy atom. The van der Waals surface area contributed by atoms with E-state index in [1.807, 2.05) is 32.0 Å². The first-order valence-corrected chi connectivity index (χ1v) is 7.95. The summed E-state index contributed by atoms with van der Waals surface area (Å²) in [6.45, 7) is 10.6. The molecule has 2 N–H and O–H groups in total. The monoisotopic (exact) mass is 307 g/mol. The number of aryl methyl sites for hydroxylation is 2. The molecule has 1 aromatic carbocycles. The average Bonchev–Trinajstić information content (AvgIpc) is 2.44. The van der Waals surface area contributed by atoms with Crippen LogP contribution >= 0.6 is 0 Å². The molecule has 0 aliphatic rings. The van der Waals surface area contributed by atoms with Crippen molar-refractivity contribution in [1.29, 1.82) is 0 Å². The van der Waals surface area contributed by atoms with E-state index in [9.17, 15) is 9.90 Å². The van der Waals surface area contributed by atoms with Gasteiger partial charge in [-0.2, -0.15) is 0 Å². The average molecular weight is 307 g/mol. The fourth-order valence-electron chi connectivity index (χ4n) is 2.10. The van der Waals surface area contributed by atoms with Gasteiger partial charge >= 0.3 is 0 Å². The molecule has 0 bridgehead atoms. The molecule has 1 aromatic rings.